The quantitative estimate of drug-likeness (QED) is 0.830. The summed E-state index contributed by atoms with van der Waals surface area (Å²) in [7, 11) is 0. The van der Waals surface area contributed by atoms with Crippen molar-refractivity contribution in [1.29, 1.82) is 0 Å². The maximum Gasteiger partial charge on any atom is 0.264 e. The van der Waals surface area contributed by atoms with E-state index in [9.17, 15) is 9.18 Å². The van der Waals surface area contributed by atoms with Crippen LogP contribution < -0.4 is 5.32 Å². The van der Waals surface area contributed by atoms with Crippen LogP contribution in [0.25, 0.3) is 6.08 Å². The van der Waals surface area contributed by atoms with Gasteiger partial charge in [0.05, 0.1) is 10.6 Å². The third-order valence-electron chi connectivity index (χ3n) is 2.85. The Morgan fingerprint density at radius 1 is 1.18 bits per heavy atom. The van der Waals surface area contributed by atoms with Gasteiger partial charge >= 0.3 is 0 Å². The van der Waals surface area contributed by atoms with Crippen LogP contribution in [0.2, 0.25) is 5.02 Å². The molecule has 22 heavy (non-hydrogen) atoms. The molecule has 0 aromatic heterocycles. The summed E-state index contributed by atoms with van der Waals surface area (Å²) in [6.07, 6.45) is 1.75. The van der Waals surface area contributed by atoms with Gasteiger partial charge in [0.25, 0.3) is 5.91 Å². The first kappa shape index (κ1) is 14.8. The van der Waals surface area contributed by atoms with Crippen LogP contribution in [0.1, 0.15) is 5.56 Å². The van der Waals surface area contributed by atoms with Crippen molar-refractivity contribution in [3.63, 3.8) is 0 Å². The molecule has 0 aliphatic carbocycles. The minimum absolute atomic E-state index is 0.217. The molecule has 1 fully saturated rings. The average molecular weight is 333 g/mol. The van der Waals surface area contributed by atoms with E-state index >= 15 is 0 Å². The fourth-order valence-electron chi connectivity index (χ4n) is 1.86. The van der Waals surface area contributed by atoms with E-state index in [2.05, 4.69) is 10.3 Å². The zero-order chi connectivity index (χ0) is 15.5. The minimum atomic E-state index is -0.325. The highest BCUT2D eigenvalue weighted by Gasteiger charge is 2.23. The number of carbonyl (C=O) groups is 1. The molecule has 1 heterocycles. The standard InChI is InChI=1S/C16H10ClFN2OS/c17-11-3-1-2-10(8-11)9-14-15(21)20-16(22-14)19-13-6-4-12(18)5-7-13/h1-9H,(H,19,20,21)/b14-9-. The van der Waals surface area contributed by atoms with E-state index in [4.69, 9.17) is 11.6 Å². The Morgan fingerprint density at radius 2 is 1.95 bits per heavy atom. The van der Waals surface area contributed by atoms with Gasteiger partial charge in [-0.25, -0.2) is 9.38 Å². The van der Waals surface area contributed by atoms with Crippen molar-refractivity contribution >= 4 is 46.2 Å². The van der Waals surface area contributed by atoms with Gasteiger partial charge in [-0.1, -0.05) is 23.7 Å². The first-order valence-electron chi connectivity index (χ1n) is 6.41. The van der Waals surface area contributed by atoms with Gasteiger partial charge in [-0.05, 0) is 59.8 Å². The Morgan fingerprint density at radius 3 is 2.68 bits per heavy atom. The summed E-state index contributed by atoms with van der Waals surface area (Å²) in [5.41, 5.74) is 1.42. The van der Waals surface area contributed by atoms with Gasteiger partial charge in [0.15, 0.2) is 5.17 Å². The normalized spacial score (nSPS) is 18.0. The number of carbonyl (C=O) groups excluding carboxylic acids is 1. The zero-order valence-corrected chi connectivity index (χ0v) is 12.8. The number of benzene rings is 2. The molecule has 3 nitrogen and oxygen atoms in total. The van der Waals surface area contributed by atoms with Gasteiger partial charge in [-0.15, -0.1) is 0 Å². The van der Waals surface area contributed by atoms with E-state index < -0.39 is 0 Å². The number of hydrogen-bond acceptors (Lipinski definition) is 3. The molecule has 0 bridgehead atoms. The first-order valence-corrected chi connectivity index (χ1v) is 7.60. The number of amidine groups is 1. The van der Waals surface area contributed by atoms with Crippen molar-refractivity contribution in [3.8, 4) is 0 Å². The molecule has 0 radical (unpaired) electrons. The summed E-state index contributed by atoms with van der Waals surface area (Å²) in [6, 6.07) is 13.0. The molecule has 2 aromatic rings. The lowest BCUT2D eigenvalue weighted by atomic mass is 10.2. The highest BCUT2D eigenvalue weighted by molar-refractivity contribution is 8.18. The molecular weight excluding hydrogens is 323 g/mol. The predicted octanol–water partition coefficient (Wildman–Crippen LogP) is 4.37. The molecule has 1 saturated heterocycles. The zero-order valence-electron chi connectivity index (χ0n) is 11.2. The third kappa shape index (κ3) is 3.55. The van der Waals surface area contributed by atoms with Gasteiger partial charge in [0.1, 0.15) is 5.82 Å². The number of rotatable bonds is 2. The van der Waals surface area contributed by atoms with E-state index in [0.717, 1.165) is 5.56 Å². The Hall–Kier alpha value is -2.11. The highest BCUT2D eigenvalue weighted by Crippen LogP contribution is 2.28. The Kier molecular flexibility index (Phi) is 4.27. The Bertz CT molecular complexity index is 787. The average Bonchev–Trinajstić information content (AvgIpc) is 2.81. The second-order valence-electron chi connectivity index (χ2n) is 4.51. The van der Waals surface area contributed by atoms with Crippen LogP contribution in [0.4, 0.5) is 10.1 Å². The van der Waals surface area contributed by atoms with Crippen molar-refractivity contribution in [2.75, 3.05) is 0 Å². The second kappa shape index (κ2) is 6.34. The van der Waals surface area contributed by atoms with E-state index in [1.807, 2.05) is 12.1 Å². The molecule has 3 rings (SSSR count). The lowest BCUT2D eigenvalue weighted by Crippen LogP contribution is -2.19. The van der Waals surface area contributed by atoms with Crippen LogP contribution in [0, 0.1) is 5.82 Å². The van der Waals surface area contributed by atoms with Crippen molar-refractivity contribution < 1.29 is 9.18 Å². The molecule has 2 aromatic carbocycles. The summed E-state index contributed by atoms with van der Waals surface area (Å²) in [4.78, 5) is 16.7. The van der Waals surface area contributed by atoms with Crippen molar-refractivity contribution in [2.45, 2.75) is 0 Å². The Balaban J connectivity index is 1.82. The molecule has 0 unspecified atom stereocenters. The van der Waals surface area contributed by atoms with Crippen LogP contribution in [-0.2, 0) is 4.79 Å². The maximum atomic E-state index is 12.9. The molecule has 0 spiro atoms. The van der Waals surface area contributed by atoms with Crippen LogP contribution in [0.3, 0.4) is 0 Å². The van der Waals surface area contributed by atoms with Gasteiger partial charge in [0, 0.05) is 5.02 Å². The molecule has 6 heteroatoms. The van der Waals surface area contributed by atoms with Crippen LogP contribution >= 0.6 is 23.4 Å². The molecule has 0 saturated carbocycles. The van der Waals surface area contributed by atoms with Crippen molar-refractivity contribution in [3.05, 3.63) is 69.8 Å². The van der Waals surface area contributed by atoms with Crippen LogP contribution in [-0.4, -0.2) is 11.1 Å². The molecule has 1 aliphatic heterocycles. The largest absolute Gasteiger partial charge is 0.300 e. The smallest absolute Gasteiger partial charge is 0.264 e. The second-order valence-corrected chi connectivity index (χ2v) is 5.98. The molecule has 1 aliphatic rings. The van der Waals surface area contributed by atoms with Crippen molar-refractivity contribution in [2.24, 2.45) is 4.99 Å². The maximum absolute atomic E-state index is 12.9. The highest BCUT2D eigenvalue weighted by atomic mass is 35.5. The number of aliphatic imine (C=N–C) groups is 1. The number of amides is 1. The third-order valence-corrected chi connectivity index (χ3v) is 4.00. The fraction of sp³-hybridized carbons (Fsp3) is 0. The van der Waals surface area contributed by atoms with E-state index in [0.29, 0.717) is 20.8 Å². The van der Waals surface area contributed by atoms with E-state index in [1.165, 1.54) is 23.9 Å². The minimum Gasteiger partial charge on any atom is -0.300 e. The van der Waals surface area contributed by atoms with Crippen LogP contribution in [0.15, 0.2) is 58.4 Å². The number of hydrogen-bond donors (Lipinski definition) is 1. The summed E-state index contributed by atoms with van der Waals surface area (Å²) in [5.74, 6) is -0.542. The van der Waals surface area contributed by atoms with E-state index in [1.54, 1.807) is 30.3 Å². The number of nitrogens with one attached hydrogen (secondary N) is 1. The predicted molar refractivity (Wildman–Crippen MR) is 88.7 cm³/mol. The molecule has 110 valence electrons. The van der Waals surface area contributed by atoms with Gasteiger partial charge in [-0.3, -0.25) is 4.79 Å². The molecule has 0 atom stereocenters. The van der Waals surface area contributed by atoms with E-state index in [-0.39, 0.29) is 11.7 Å². The first-order chi connectivity index (χ1) is 10.6. The van der Waals surface area contributed by atoms with Gasteiger partial charge < -0.3 is 5.32 Å². The van der Waals surface area contributed by atoms with Gasteiger partial charge in [0.2, 0.25) is 0 Å². The topological polar surface area (TPSA) is 41.5 Å². The summed E-state index contributed by atoms with van der Waals surface area (Å²) >= 11 is 7.16. The number of nitrogens with zero attached hydrogens (tertiary/aromatic N) is 1. The summed E-state index contributed by atoms with van der Waals surface area (Å²) in [5, 5.41) is 3.75. The Labute approximate surface area is 135 Å². The monoisotopic (exact) mass is 332 g/mol. The number of thioether (sulfide) groups is 1. The molecule has 1 N–H and O–H groups in total. The number of halogens is 2. The molecular formula is C16H10ClFN2OS. The summed E-state index contributed by atoms with van der Waals surface area (Å²) < 4.78 is 12.9. The SMILES string of the molecule is O=C1NC(=Nc2ccc(F)cc2)S/C1=C\c1cccc(Cl)c1. The lowest BCUT2D eigenvalue weighted by molar-refractivity contribution is -0.115. The fourth-order valence-corrected chi connectivity index (χ4v) is 2.90. The molecule has 1 amide bonds. The van der Waals surface area contributed by atoms with Gasteiger partial charge in [-0.2, -0.15) is 0 Å². The lowest BCUT2D eigenvalue weighted by Gasteiger charge is -1.96. The van der Waals surface area contributed by atoms with Crippen LogP contribution in [0.5, 0.6) is 0 Å². The summed E-state index contributed by atoms with van der Waals surface area (Å²) in [6.45, 7) is 0. The van der Waals surface area contributed by atoms with Crippen molar-refractivity contribution in [1.82, 2.24) is 5.32 Å².